The number of hydrogen-bond acceptors (Lipinski definition) is 4. The molecule has 1 N–H and O–H groups in total. The van der Waals surface area contributed by atoms with Crippen molar-refractivity contribution < 1.29 is 0 Å². The molecule has 2 rings (SSSR count). The molecule has 0 saturated heterocycles. The quantitative estimate of drug-likeness (QED) is 0.851. The van der Waals surface area contributed by atoms with Gasteiger partial charge in [-0.1, -0.05) is 13.3 Å². The average molecular weight is 235 g/mol. The third-order valence-corrected chi connectivity index (χ3v) is 4.23. The van der Waals surface area contributed by atoms with Gasteiger partial charge in [-0.3, -0.25) is 0 Å². The number of nitrogens with zero attached hydrogens (tertiary/aromatic N) is 2. The molecule has 0 spiro atoms. The highest BCUT2D eigenvalue weighted by Crippen LogP contribution is 2.49. The zero-order valence-electron chi connectivity index (χ0n) is 9.84. The monoisotopic (exact) mass is 235 g/mol. The molecule has 0 aromatic carbocycles. The third kappa shape index (κ3) is 2.19. The molecular weight excluding hydrogens is 218 g/mol. The smallest absolute Gasteiger partial charge is 0.127 e. The van der Waals surface area contributed by atoms with Crippen LogP contribution < -0.4 is 5.32 Å². The molecule has 0 unspecified atom stereocenters. The van der Waals surface area contributed by atoms with E-state index in [9.17, 15) is 0 Å². The van der Waals surface area contributed by atoms with Gasteiger partial charge >= 0.3 is 0 Å². The average Bonchev–Trinajstić information content (AvgIpc) is 2.94. The second kappa shape index (κ2) is 4.42. The number of aryl methyl sites for hydroxylation is 1. The lowest BCUT2D eigenvalue weighted by Crippen LogP contribution is -2.15. The number of aromatic nitrogens is 1. The fourth-order valence-electron chi connectivity index (χ4n) is 2.11. The number of hydrogen-bond donors (Lipinski definition) is 1. The highest BCUT2D eigenvalue weighted by atomic mass is 32.1. The zero-order valence-corrected chi connectivity index (χ0v) is 10.7. The van der Waals surface area contributed by atoms with Gasteiger partial charge in [0.15, 0.2) is 0 Å². The molecule has 86 valence electrons. The first kappa shape index (κ1) is 11.4. The van der Waals surface area contributed by atoms with Crippen LogP contribution in [0.15, 0.2) is 0 Å². The number of nitrogens with one attached hydrogen (secondary N) is 1. The third-order valence-electron chi connectivity index (χ3n) is 3.34. The predicted molar refractivity (Wildman–Crippen MR) is 66.6 cm³/mol. The Morgan fingerprint density at radius 2 is 2.31 bits per heavy atom. The molecule has 0 atom stereocenters. The van der Waals surface area contributed by atoms with Crippen molar-refractivity contribution in [2.45, 2.75) is 39.5 Å². The zero-order chi connectivity index (χ0) is 11.6. The number of nitriles is 1. The Morgan fingerprint density at radius 1 is 1.56 bits per heavy atom. The second-order valence-corrected chi connectivity index (χ2v) is 5.46. The summed E-state index contributed by atoms with van der Waals surface area (Å²) in [6.07, 6.45) is 5.19. The molecule has 1 aliphatic rings. The van der Waals surface area contributed by atoms with Gasteiger partial charge in [-0.2, -0.15) is 9.64 Å². The maximum Gasteiger partial charge on any atom is 0.127 e. The minimum atomic E-state index is 0.513. The van der Waals surface area contributed by atoms with Crippen molar-refractivity contribution in [1.82, 2.24) is 4.37 Å². The minimum Gasteiger partial charge on any atom is -0.374 e. The maximum absolute atomic E-state index is 9.01. The minimum absolute atomic E-state index is 0.513. The molecule has 4 heteroatoms. The number of rotatable bonds is 5. The summed E-state index contributed by atoms with van der Waals surface area (Å²) in [7, 11) is 0. The van der Waals surface area contributed by atoms with Crippen LogP contribution in [0.2, 0.25) is 0 Å². The van der Waals surface area contributed by atoms with Crippen LogP contribution in [0.5, 0.6) is 0 Å². The van der Waals surface area contributed by atoms with Crippen molar-refractivity contribution in [3.8, 4) is 6.07 Å². The van der Waals surface area contributed by atoms with Crippen LogP contribution in [0.1, 0.15) is 43.9 Å². The summed E-state index contributed by atoms with van der Waals surface area (Å²) in [6.45, 7) is 5.12. The molecule has 0 amide bonds. The second-order valence-electron chi connectivity index (χ2n) is 4.69. The van der Waals surface area contributed by atoms with E-state index in [1.54, 1.807) is 0 Å². The van der Waals surface area contributed by atoms with Gasteiger partial charge in [-0.25, -0.2) is 0 Å². The van der Waals surface area contributed by atoms with Crippen molar-refractivity contribution in [2.24, 2.45) is 5.41 Å². The van der Waals surface area contributed by atoms with Crippen LogP contribution in [-0.4, -0.2) is 10.9 Å². The summed E-state index contributed by atoms with van der Waals surface area (Å²) in [6, 6.07) is 2.22. The van der Waals surface area contributed by atoms with E-state index in [1.807, 2.05) is 6.92 Å². The SMILES string of the molecule is CCCC1(CNc2snc(C)c2C#N)CC1. The van der Waals surface area contributed by atoms with E-state index in [0.29, 0.717) is 5.41 Å². The Bertz CT molecular complexity index is 412. The van der Waals surface area contributed by atoms with Gasteiger partial charge in [-0.05, 0) is 43.1 Å². The predicted octanol–water partition coefficient (Wildman–Crippen LogP) is 3.32. The molecule has 1 aromatic heterocycles. The Labute approximate surface area is 101 Å². The Kier molecular flexibility index (Phi) is 3.15. The molecule has 0 bridgehead atoms. The standard InChI is InChI=1S/C12H17N3S/c1-3-4-12(5-6-12)8-14-11-10(7-13)9(2)15-16-11/h14H,3-6,8H2,1-2H3. The normalized spacial score (nSPS) is 16.8. The van der Waals surface area contributed by atoms with E-state index in [-0.39, 0.29) is 0 Å². The first-order valence-corrected chi connectivity index (χ1v) is 6.58. The lowest BCUT2D eigenvalue weighted by molar-refractivity contribution is 0.486. The highest BCUT2D eigenvalue weighted by Gasteiger charge is 2.41. The summed E-state index contributed by atoms with van der Waals surface area (Å²) in [5, 5.41) is 13.4. The van der Waals surface area contributed by atoms with Crippen molar-refractivity contribution in [2.75, 3.05) is 11.9 Å². The summed E-state index contributed by atoms with van der Waals surface area (Å²) in [5.74, 6) is 0. The summed E-state index contributed by atoms with van der Waals surface area (Å²) in [5.41, 5.74) is 2.08. The van der Waals surface area contributed by atoms with Gasteiger partial charge in [0.25, 0.3) is 0 Å². The van der Waals surface area contributed by atoms with Gasteiger partial charge < -0.3 is 5.32 Å². The van der Waals surface area contributed by atoms with Crippen molar-refractivity contribution in [3.05, 3.63) is 11.3 Å². The number of anilines is 1. The Hall–Kier alpha value is -1.08. The van der Waals surface area contributed by atoms with E-state index < -0.39 is 0 Å². The fraction of sp³-hybridized carbons (Fsp3) is 0.667. The molecule has 0 aliphatic heterocycles. The van der Waals surface area contributed by atoms with Gasteiger partial charge in [0.2, 0.25) is 0 Å². The molecule has 1 aliphatic carbocycles. The molecule has 3 nitrogen and oxygen atoms in total. The maximum atomic E-state index is 9.01. The fourth-order valence-corrected chi connectivity index (χ4v) is 2.85. The van der Waals surface area contributed by atoms with E-state index in [0.717, 1.165) is 22.8 Å². The van der Waals surface area contributed by atoms with Crippen molar-refractivity contribution in [3.63, 3.8) is 0 Å². The summed E-state index contributed by atoms with van der Waals surface area (Å²) < 4.78 is 4.21. The van der Waals surface area contributed by atoms with Crippen LogP contribution >= 0.6 is 11.5 Å². The molecule has 1 saturated carbocycles. The largest absolute Gasteiger partial charge is 0.374 e. The van der Waals surface area contributed by atoms with E-state index in [1.165, 1.54) is 37.2 Å². The van der Waals surface area contributed by atoms with Crippen LogP contribution in [-0.2, 0) is 0 Å². The lowest BCUT2D eigenvalue weighted by Gasteiger charge is -2.14. The van der Waals surface area contributed by atoms with Crippen molar-refractivity contribution >= 4 is 16.5 Å². The molecule has 1 fully saturated rings. The molecule has 0 radical (unpaired) electrons. The first-order valence-electron chi connectivity index (χ1n) is 5.81. The van der Waals surface area contributed by atoms with Crippen LogP contribution in [0.3, 0.4) is 0 Å². The van der Waals surface area contributed by atoms with Gasteiger partial charge in [0.05, 0.1) is 5.69 Å². The molecule has 1 aromatic rings. The Morgan fingerprint density at radius 3 is 2.88 bits per heavy atom. The van der Waals surface area contributed by atoms with Gasteiger partial charge in [0, 0.05) is 6.54 Å². The lowest BCUT2D eigenvalue weighted by atomic mass is 10.0. The summed E-state index contributed by atoms with van der Waals surface area (Å²) in [4.78, 5) is 0. The van der Waals surface area contributed by atoms with Crippen LogP contribution in [0.25, 0.3) is 0 Å². The van der Waals surface area contributed by atoms with Gasteiger partial charge in [0.1, 0.15) is 16.6 Å². The van der Waals surface area contributed by atoms with E-state index in [2.05, 4.69) is 22.7 Å². The van der Waals surface area contributed by atoms with E-state index >= 15 is 0 Å². The first-order chi connectivity index (χ1) is 7.71. The van der Waals surface area contributed by atoms with Crippen molar-refractivity contribution in [1.29, 1.82) is 5.26 Å². The molecule has 1 heterocycles. The topological polar surface area (TPSA) is 48.7 Å². The highest BCUT2D eigenvalue weighted by molar-refractivity contribution is 7.10. The van der Waals surface area contributed by atoms with E-state index in [4.69, 9.17) is 5.26 Å². The summed E-state index contributed by atoms with van der Waals surface area (Å²) >= 11 is 1.40. The molecular formula is C12H17N3S. The Balaban J connectivity index is 1.98. The van der Waals surface area contributed by atoms with Crippen LogP contribution in [0.4, 0.5) is 5.00 Å². The van der Waals surface area contributed by atoms with Crippen LogP contribution in [0, 0.1) is 23.7 Å². The molecule has 16 heavy (non-hydrogen) atoms. The van der Waals surface area contributed by atoms with Gasteiger partial charge in [-0.15, -0.1) is 0 Å².